The van der Waals surface area contributed by atoms with Gasteiger partial charge in [-0.05, 0) is 63.4 Å². The molecule has 0 saturated carbocycles. The van der Waals surface area contributed by atoms with Gasteiger partial charge in [0.05, 0.1) is 19.1 Å². The van der Waals surface area contributed by atoms with Crippen LogP contribution in [0.3, 0.4) is 0 Å². The number of aromatic nitrogens is 1. The van der Waals surface area contributed by atoms with Crippen LogP contribution in [0.1, 0.15) is 37.1 Å². The molecule has 6 nitrogen and oxygen atoms in total. The molecule has 4 rings (SSSR count). The molecule has 1 aliphatic heterocycles. The lowest BCUT2D eigenvalue weighted by Crippen LogP contribution is -2.43. The molecule has 32 heavy (non-hydrogen) atoms. The fourth-order valence-corrected chi connectivity index (χ4v) is 5.16. The molecule has 7 heteroatoms. The Morgan fingerprint density at radius 3 is 2.81 bits per heavy atom. The van der Waals surface area contributed by atoms with E-state index >= 15 is 0 Å². The van der Waals surface area contributed by atoms with E-state index in [9.17, 15) is 4.79 Å². The van der Waals surface area contributed by atoms with E-state index in [1.807, 2.05) is 38.2 Å². The smallest absolute Gasteiger partial charge is 0.225 e. The van der Waals surface area contributed by atoms with Crippen molar-refractivity contribution in [2.24, 2.45) is 5.92 Å². The number of benzene rings is 1. The summed E-state index contributed by atoms with van der Waals surface area (Å²) in [7, 11) is 0. The maximum Gasteiger partial charge on any atom is 0.225 e. The summed E-state index contributed by atoms with van der Waals surface area (Å²) in [6.45, 7) is 9.28. The molecule has 1 fully saturated rings. The van der Waals surface area contributed by atoms with Gasteiger partial charge < -0.3 is 19.7 Å². The fraction of sp³-hybridized carbons (Fsp3) is 0.440. The number of fused-ring (bicyclic) bond motifs is 1. The van der Waals surface area contributed by atoms with E-state index in [1.165, 1.54) is 15.0 Å². The second-order valence-electron chi connectivity index (χ2n) is 8.05. The van der Waals surface area contributed by atoms with Crippen molar-refractivity contribution in [2.75, 3.05) is 31.2 Å². The zero-order valence-corrected chi connectivity index (χ0v) is 19.8. The third kappa shape index (κ3) is 4.99. The van der Waals surface area contributed by atoms with Crippen LogP contribution in [0.2, 0.25) is 0 Å². The summed E-state index contributed by atoms with van der Waals surface area (Å²) in [5, 5.41) is 4.31. The van der Waals surface area contributed by atoms with Gasteiger partial charge >= 0.3 is 0 Å². The fourth-order valence-electron chi connectivity index (χ4n) is 4.25. The summed E-state index contributed by atoms with van der Waals surface area (Å²) >= 11 is 1.79. The zero-order valence-electron chi connectivity index (χ0n) is 19.0. The van der Waals surface area contributed by atoms with E-state index in [0.29, 0.717) is 26.3 Å². The number of hydrogen-bond acceptors (Lipinski definition) is 6. The van der Waals surface area contributed by atoms with Crippen molar-refractivity contribution in [3.05, 3.63) is 47.0 Å². The Morgan fingerprint density at radius 1 is 1.19 bits per heavy atom. The van der Waals surface area contributed by atoms with E-state index in [4.69, 9.17) is 9.47 Å². The molecule has 1 N–H and O–H groups in total. The normalized spacial score (nSPS) is 16.2. The van der Waals surface area contributed by atoms with E-state index in [2.05, 4.69) is 34.3 Å². The number of anilines is 1. The third-order valence-electron chi connectivity index (χ3n) is 5.71. The molecular weight excluding hydrogens is 422 g/mol. The number of rotatable bonds is 8. The van der Waals surface area contributed by atoms with Crippen LogP contribution in [0.15, 0.2) is 36.5 Å². The van der Waals surface area contributed by atoms with Crippen LogP contribution in [0.25, 0.3) is 10.1 Å². The van der Waals surface area contributed by atoms with Gasteiger partial charge in [0.25, 0.3) is 0 Å². The molecule has 3 aromatic rings. The Bertz CT molecular complexity index is 1080. The van der Waals surface area contributed by atoms with Crippen molar-refractivity contribution in [3.8, 4) is 11.5 Å². The molecule has 0 radical (unpaired) electrons. The summed E-state index contributed by atoms with van der Waals surface area (Å²) in [4.78, 5) is 21.2. The van der Waals surface area contributed by atoms with E-state index in [0.717, 1.165) is 42.3 Å². The highest BCUT2D eigenvalue weighted by molar-refractivity contribution is 7.19. The Morgan fingerprint density at radius 2 is 2.00 bits per heavy atom. The van der Waals surface area contributed by atoms with Crippen LogP contribution in [-0.4, -0.2) is 37.2 Å². The van der Waals surface area contributed by atoms with Crippen LogP contribution in [0.4, 0.5) is 5.82 Å². The number of thiophene rings is 1. The summed E-state index contributed by atoms with van der Waals surface area (Å²) in [5.74, 6) is 2.50. The highest BCUT2D eigenvalue weighted by Crippen LogP contribution is 2.33. The van der Waals surface area contributed by atoms with Crippen LogP contribution in [0, 0.1) is 12.8 Å². The number of nitrogens with one attached hydrogen (secondary N) is 1. The highest BCUT2D eigenvalue weighted by atomic mass is 32.1. The summed E-state index contributed by atoms with van der Waals surface area (Å²) < 4.78 is 12.6. The molecule has 170 valence electrons. The molecule has 0 aliphatic carbocycles. The molecule has 1 aromatic carbocycles. The van der Waals surface area contributed by atoms with Gasteiger partial charge in [-0.1, -0.05) is 6.07 Å². The number of nitrogens with zero attached hydrogens (tertiary/aromatic N) is 2. The molecule has 1 unspecified atom stereocenters. The molecule has 1 amide bonds. The molecule has 2 aromatic heterocycles. The lowest BCUT2D eigenvalue weighted by atomic mass is 9.96. The van der Waals surface area contributed by atoms with Crippen molar-refractivity contribution in [2.45, 2.75) is 40.2 Å². The minimum absolute atomic E-state index is 0.0467. The molecule has 1 atom stereocenters. The van der Waals surface area contributed by atoms with Crippen LogP contribution in [0.5, 0.6) is 11.5 Å². The standard InChI is InChI=1S/C25H31N3O3S/c1-4-30-21-9-8-18(14-22(21)31-5-2)15-27-25(29)19-7-6-12-28(16-19)24-20-13-17(3)32-23(20)10-11-26-24/h8-11,13-14,19H,4-7,12,15-16H2,1-3H3,(H,27,29). The first-order valence-corrected chi connectivity index (χ1v) is 12.2. The van der Waals surface area contributed by atoms with Crippen molar-refractivity contribution < 1.29 is 14.3 Å². The second-order valence-corrected chi connectivity index (χ2v) is 9.34. The summed E-state index contributed by atoms with van der Waals surface area (Å²) in [6.07, 6.45) is 3.75. The number of ether oxygens (including phenoxy) is 2. The van der Waals surface area contributed by atoms with Crippen molar-refractivity contribution >= 4 is 33.1 Å². The first-order valence-electron chi connectivity index (χ1n) is 11.3. The lowest BCUT2D eigenvalue weighted by molar-refractivity contribution is -0.125. The maximum atomic E-state index is 13.0. The average Bonchev–Trinajstić information content (AvgIpc) is 3.19. The van der Waals surface area contributed by atoms with E-state index < -0.39 is 0 Å². The Labute approximate surface area is 193 Å². The van der Waals surface area contributed by atoms with E-state index in [-0.39, 0.29) is 11.8 Å². The van der Waals surface area contributed by atoms with Gasteiger partial charge in [0, 0.05) is 40.8 Å². The molecule has 1 aliphatic rings. The maximum absolute atomic E-state index is 13.0. The average molecular weight is 454 g/mol. The molecule has 0 bridgehead atoms. The minimum atomic E-state index is -0.0467. The molecule has 1 saturated heterocycles. The number of hydrogen-bond donors (Lipinski definition) is 1. The predicted molar refractivity (Wildman–Crippen MR) is 130 cm³/mol. The van der Waals surface area contributed by atoms with Crippen molar-refractivity contribution in [3.63, 3.8) is 0 Å². The van der Waals surface area contributed by atoms with Crippen LogP contribution < -0.4 is 19.7 Å². The van der Waals surface area contributed by atoms with Gasteiger partial charge in [0.2, 0.25) is 5.91 Å². The van der Waals surface area contributed by atoms with E-state index in [1.54, 1.807) is 11.3 Å². The number of piperidine rings is 1. The Kier molecular flexibility index (Phi) is 7.15. The third-order valence-corrected chi connectivity index (χ3v) is 6.73. The van der Waals surface area contributed by atoms with Crippen molar-refractivity contribution in [1.29, 1.82) is 0 Å². The molecular formula is C25H31N3O3S. The monoisotopic (exact) mass is 453 g/mol. The molecule has 3 heterocycles. The van der Waals surface area contributed by atoms with Crippen LogP contribution in [-0.2, 0) is 11.3 Å². The topological polar surface area (TPSA) is 63.7 Å². The quantitative estimate of drug-likeness (QED) is 0.524. The van der Waals surface area contributed by atoms with Gasteiger partial charge in [-0.25, -0.2) is 4.98 Å². The number of amides is 1. The van der Waals surface area contributed by atoms with Crippen LogP contribution >= 0.6 is 11.3 Å². The largest absolute Gasteiger partial charge is 0.490 e. The number of aryl methyl sites for hydroxylation is 1. The number of carbonyl (C=O) groups excluding carboxylic acids is 1. The first-order chi connectivity index (χ1) is 15.6. The van der Waals surface area contributed by atoms with Crippen molar-refractivity contribution in [1.82, 2.24) is 10.3 Å². The lowest BCUT2D eigenvalue weighted by Gasteiger charge is -2.33. The van der Waals surface area contributed by atoms with Gasteiger partial charge in [0.15, 0.2) is 11.5 Å². The predicted octanol–water partition coefficient (Wildman–Crippen LogP) is 4.93. The van der Waals surface area contributed by atoms with Gasteiger partial charge in [0.1, 0.15) is 5.82 Å². The minimum Gasteiger partial charge on any atom is -0.490 e. The number of pyridine rings is 1. The summed E-state index contributed by atoms with van der Waals surface area (Å²) in [6, 6.07) is 10.1. The van der Waals surface area contributed by atoms with Gasteiger partial charge in [-0.3, -0.25) is 4.79 Å². The Balaban J connectivity index is 1.41. The second kappa shape index (κ2) is 10.2. The van der Waals surface area contributed by atoms with Gasteiger partial charge in [-0.15, -0.1) is 11.3 Å². The highest BCUT2D eigenvalue weighted by Gasteiger charge is 2.27. The molecule has 0 spiro atoms. The Hall–Kier alpha value is -2.80. The zero-order chi connectivity index (χ0) is 22.5. The SMILES string of the molecule is CCOc1ccc(CNC(=O)C2CCCN(c3nccc4sc(C)cc34)C2)cc1OCC. The first kappa shape index (κ1) is 22.4. The van der Waals surface area contributed by atoms with Gasteiger partial charge in [-0.2, -0.15) is 0 Å². The summed E-state index contributed by atoms with van der Waals surface area (Å²) in [5.41, 5.74) is 0.998. The number of carbonyl (C=O) groups is 1.